The van der Waals surface area contributed by atoms with E-state index in [1.165, 1.54) is 0 Å². The van der Waals surface area contributed by atoms with Crippen LogP contribution in [0, 0.1) is 0 Å². The average Bonchev–Trinajstić information content (AvgIpc) is 3.06. The van der Waals surface area contributed by atoms with Crippen molar-refractivity contribution in [3.8, 4) is 0 Å². The van der Waals surface area contributed by atoms with Crippen LogP contribution in [0.1, 0.15) is 24.6 Å². The van der Waals surface area contributed by atoms with E-state index in [0.717, 1.165) is 12.8 Å². The van der Waals surface area contributed by atoms with Crippen LogP contribution in [-0.4, -0.2) is 35.1 Å². The van der Waals surface area contributed by atoms with Gasteiger partial charge in [0.1, 0.15) is 13.2 Å². The van der Waals surface area contributed by atoms with Gasteiger partial charge >= 0.3 is 12.3 Å². The predicted molar refractivity (Wildman–Crippen MR) is 54.8 cm³/mol. The Hall–Kier alpha value is -1.22. The van der Waals surface area contributed by atoms with Gasteiger partial charge in [0.05, 0.1) is 6.54 Å². The molecule has 0 atom stereocenters. The molecule has 1 saturated carbocycles. The highest BCUT2D eigenvalue weighted by atomic mass is 19.3. The Kier molecular flexibility index (Phi) is 4.35. The number of halogens is 4. The summed E-state index contributed by atoms with van der Waals surface area (Å²) in [5.74, 6) is -3.80. The lowest BCUT2D eigenvalue weighted by atomic mass is 10.4. The van der Waals surface area contributed by atoms with Gasteiger partial charge in [-0.05, 0) is 12.8 Å². The molecule has 1 aliphatic rings. The van der Waals surface area contributed by atoms with E-state index in [1.54, 1.807) is 0 Å². The fraction of sp³-hybridized carbons (Fsp3) is 0.800. The van der Waals surface area contributed by atoms with Crippen molar-refractivity contribution in [3.63, 3.8) is 0 Å². The molecule has 19 heavy (non-hydrogen) atoms. The van der Waals surface area contributed by atoms with Gasteiger partial charge in [-0.2, -0.15) is 13.8 Å². The predicted octanol–water partition coefficient (Wildman–Crippen LogP) is 1.74. The van der Waals surface area contributed by atoms with E-state index in [0.29, 0.717) is 18.5 Å². The second-order valence-electron chi connectivity index (χ2n) is 4.31. The van der Waals surface area contributed by atoms with Crippen LogP contribution in [0.2, 0.25) is 0 Å². The van der Waals surface area contributed by atoms with E-state index in [9.17, 15) is 17.6 Å². The minimum Gasteiger partial charge on any atom is -0.367 e. The molecule has 0 aromatic carbocycles. The second kappa shape index (κ2) is 5.83. The zero-order valence-electron chi connectivity index (χ0n) is 9.91. The maximum atomic E-state index is 12.5. The van der Waals surface area contributed by atoms with Gasteiger partial charge in [-0.15, -0.1) is 0 Å². The lowest BCUT2D eigenvalue weighted by Gasteiger charge is -2.14. The quantitative estimate of drug-likeness (QED) is 0.736. The van der Waals surface area contributed by atoms with E-state index in [-0.39, 0.29) is 5.82 Å². The number of hydrogen-bond donors (Lipinski definition) is 1. The smallest absolute Gasteiger partial charge is 0.330 e. The van der Waals surface area contributed by atoms with Crippen molar-refractivity contribution in [2.75, 3.05) is 6.61 Å². The molecule has 0 spiro atoms. The highest BCUT2D eigenvalue weighted by molar-refractivity contribution is 4.88. The topological polar surface area (TPSA) is 60.2 Å². The van der Waals surface area contributed by atoms with Gasteiger partial charge in [-0.1, -0.05) is 5.16 Å². The first-order valence-corrected chi connectivity index (χ1v) is 5.76. The van der Waals surface area contributed by atoms with Crippen molar-refractivity contribution in [1.29, 1.82) is 0 Å². The van der Waals surface area contributed by atoms with Crippen LogP contribution in [0.15, 0.2) is 4.52 Å². The number of nitrogens with one attached hydrogen (secondary N) is 1. The molecule has 0 bridgehead atoms. The van der Waals surface area contributed by atoms with Crippen molar-refractivity contribution in [2.45, 2.75) is 44.4 Å². The monoisotopic (exact) mass is 283 g/mol. The Morgan fingerprint density at radius 2 is 2.16 bits per heavy atom. The number of rotatable bonds is 8. The highest BCUT2D eigenvalue weighted by Crippen LogP contribution is 2.23. The van der Waals surface area contributed by atoms with Crippen molar-refractivity contribution >= 4 is 0 Å². The number of aromatic nitrogens is 2. The fourth-order valence-electron chi connectivity index (χ4n) is 1.28. The maximum absolute atomic E-state index is 12.5. The van der Waals surface area contributed by atoms with E-state index in [2.05, 4.69) is 20.2 Å². The van der Waals surface area contributed by atoms with Crippen LogP contribution in [0.3, 0.4) is 0 Å². The second-order valence-corrected chi connectivity index (χ2v) is 4.31. The average molecular weight is 283 g/mol. The molecular weight excluding hydrogens is 270 g/mol. The number of ether oxygens (including phenoxy) is 1. The number of alkyl halides is 4. The lowest BCUT2D eigenvalue weighted by molar-refractivity contribution is -0.168. The molecule has 5 nitrogen and oxygen atoms in total. The summed E-state index contributed by atoms with van der Waals surface area (Å²) in [4.78, 5) is 3.88. The van der Waals surface area contributed by atoms with E-state index >= 15 is 0 Å². The summed E-state index contributed by atoms with van der Waals surface area (Å²) in [7, 11) is 0. The third kappa shape index (κ3) is 4.43. The van der Waals surface area contributed by atoms with Crippen LogP contribution in [0.4, 0.5) is 17.6 Å². The van der Waals surface area contributed by atoms with Gasteiger partial charge < -0.3 is 14.6 Å². The Labute approximate surface area is 106 Å². The standard InChI is InChI=1S/C10H13F4N3O2/c11-9(12)10(13,14)5-18-4-7-16-8(19-17-7)3-15-6-1-2-6/h6,9,15H,1-5H2. The van der Waals surface area contributed by atoms with Crippen LogP contribution in [0.5, 0.6) is 0 Å². The van der Waals surface area contributed by atoms with E-state index in [4.69, 9.17) is 4.52 Å². The van der Waals surface area contributed by atoms with Gasteiger partial charge in [-0.25, -0.2) is 8.78 Å². The summed E-state index contributed by atoms with van der Waals surface area (Å²) in [6.45, 7) is -1.38. The van der Waals surface area contributed by atoms with Crippen molar-refractivity contribution in [1.82, 2.24) is 15.5 Å². The highest BCUT2D eigenvalue weighted by Gasteiger charge is 2.41. The first-order valence-electron chi connectivity index (χ1n) is 5.76. The summed E-state index contributed by atoms with van der Waals surface area (Å²) < 4.78 is 58.0. The van der Waals surface area contributed by atoms with E-state index in [1.807, 2.05) is 0 Å². The van der Waals surface area contributed by atoms with Crippen LogP contribution in [-0.2, 0) is 17.9 Å². The molecule has 0 aliphatic heterocycles. The summed E-state index contributed by atoms with van der Waals surface area (Å²) in [5.41, 5.74) is 0. The Balaban J connectivity index is 1.70. The summed E-state index contributed by atoms with van der Waals surface area (Å²) in [6.07, 6.45) is -1.55. The van der Waals surface area contributed by atoms with Crippen molar-refractivity contribution < 1.29 is 26.8 Å². The Morgan fingerprint density at radius 3 is 2.79 bits per heavy atom. The molecule has 1 heterocycles. The molecular formula is C10H13F4N3O2. The molecule has 9 heteroatoms. The Bertz CT molecular complexity index is 409. The number of nitrogens with zero attached hydrogens (tertiary/aromatic N) is 2. The van der Waals surface area contributed by atoms with Crippen molar-refractivity contribution in [2.24, 2.45) is 0 Å². The van der Waals surface area contributed by atoms with Crippen LogP contribution < -0.4 is 5.32 Å². The van der Waals surface area contributed by atoms with E-state index < -0.39 is 25.6 Å². The van der Waals surface area contributed by atoms with Gasteiger partial charge in [0, 0.05) is 6.04 Å². The zero-order valence-corrected chi connectivity index (χ0v) is 9.91. The molecule has 108 valence electrons. The van der Waals surface area contributed by atoms with Gasteiger partial charge in [0.2, 0.25) is 5.89 Å². The minimum atomic E-state index is -4.17. The molecule has 1 N–H and O–H groups in total. The normalized spacial score (nSPS) is 16.3. The third-order valence-corrected chi connectivity index (χ3v) is 2.47. The molecule has 0 unspecified atom stereocenters. The minimum absolute atomic E-state index is 0.0534. The maximum Gasteiger partial charge on any atom is 0.330 e. The lowest BCUT2D eigenvalue weighted by Crippen LogP contribution is -2.32. The molecule has 0 saturated heterocycles. The SMILES string of the molecule is FC(F)C(F)(F)COCc1noc(CNC2CC2)n1. The molecule has 1 aromatic heterocycles. The number of hydrogen-bond acceptors (Lipinski definition) is 5. The Morgan fingerprint density at radius 1 is 1.42 bits per heavy atom. The molecule has 1 aliphatic carbocycles. The van der Waals surface area contributed by atoms with Gasteiger partial charge in [0.15, 0.2) is 5.82 Å². The summed E-state index contributed by atoms with van der Waals surface area (Å²) in [6, 6.07) is 0.469. The molecule has 2 rings (SSSR count). The molecule has 0 radical (unpaired) electrons. The molecule has 1 aromatic rings. The van der Waals surface area contributed by atoms with Crippen LogP contribution >= 0.6 is 0 Å². The van der Waals surface area contributed by atoms with Gasteiger partial charge in [0.25, 0.3) is 0 Å². The first-order chi connectivity index (χ1) is 8.97. The largest absolute Gasteiger partial charge is 0.367 e. The zero-order chi connectivity index (χ0) is 13.9. The van der Waals surface area contributed by atoms with Crippen LogP contribution in [0.25, 0.3) is 0 Å². The first kappa shape index (κ1) is 14.2. The summed E-state index contributed by atoms with van der Waals surface area (Å²) in [5, 5.41) is 6.62. The molecule has 0 amide bonds. The fourth-order valence-corrected chi connectivity index (χ4v) is 1.28. The molecule has 1 fully saturated rings. The third-order valence-electron chi connectivity index (χ3n) is 2.47. The van der Waals surface area contributed by atoms with Crippen molar-refractivity contribution in [3.05, 3.63) is 11.7 Å². The summed E-state index contributed by atoms with van der Waals surface area (Å²) >= 11 is 0. The van der Waals surface area contributed by atoms with Gasteiger partial charge in [-0.3, -0.25) is 0 Å².